The van der Waals surface area contributed by atoms with Gasteiger partial charge in [0, 0.05) is 0 Å². The molecule has 2 aromatic carbocycles. The maximum atomic E-state index is 13.0. The Balaban J connectivity index is 2.32. The molecule has 1 N–H and O–H groups in total. The van der Waals surface area contributed by atoms with Crippen molar-refractivity contribution in [3.63, 3.8) is 0 Å². The van der Waals surface area contributed by atoms with E-state index in [-0.39, 0.29) is 0 Å². The largest absolute Gasteiger partial charge is 0.416 e. The summed E-state index contributed by atoms with van der Waals surface area (Å²) in [6.07, 6.45) is -4.87. The average molecular weight is 338 g/mol. The quantitative estimate of drug-likeness (QED) is 0.853. The van der Waals surface area contributed by atoms with Crippen molar-refractivity contribution in [2.24, 2.45) is 0 Å². The van der Waals surface area contributed by atoms with Gasteiger partial charge in [0.25, 0.3) is 0 Å². The number of rotatable bonds is 6. The number of likely N-dealkylation sites (N-methyl/N-ethyl adjacent to an activating group) is 1. The van der Waals surface area contributed by atoms with Crippen molar-refractivity contribution in [2.45, 2.75) is 19.2 Å². The molecule has 24 heavy (non-hydrogen) atoms. The van der Waals surface area contributed by atoms with E-state index in [0.29, 0.717) is 12.2 Å². The molecule has 0 spiro atoms. The lowest BCUT2D eigenvalue weighted by Gasteiger charge is -2.21. The van der Waals surface area contributed by atoms with E-state index in [4.69, 9.17) is 4.74 Å². The number of alkyl halides is 3. The Hall–Kier alpha value is -1.85. The Bertz CT molecular complexity index is 650. The molecule has 0 aromatic heterocycles. The second kappa shape index (κ2) is 7.81. The van der Waals surface area contributed by atoms with Crippen molar-refractivity contribution in [1.29, 1.82) is 0 Å². The van der Waals surface area contributed by atoms with Gasteiger partial charge in [0.05, 0.1) is 26.3 Å². The maximum absolute atomic E-state index is 13.0. The van der Waals surface area contributed by atoms with Crippen LogP contribution in [-0.4, -0.2) is 27.2 Å². The minimum atomic E-state index is -4.36. The minimum absolute atomic E-state index is 0.469. The molecule has 0 fully saturated rings. The van der Waals surface area contributed by atoms with Crippen molar-refractivity contribution >= 4 is 0 Å². The number of ether oxygens (including phenoxy) is 1. The summed E-state index contributed by atoms with van der Waals surface area (Å²) >= 11 is 0. The predicted molar refractivity (Wildman–Crippen MR) is 88.1 cm³/mol. The first-order valence-corrected chi connectivity index (χ1v) is 7.91. The van der Waals surface area contributed by atoms with Crippen LogP contribution in [0.2, 0.25) is 0 Å². The van der Waals surface area contributed by atoms with E-state index >= 15 is 0 Å². The fraction of sp³-hybridized carbons (Fsp3) is 0.368. The van der Waals surface area contributed by atoms with Gasteiger partial charge in [-0.2, -0.15) is 13.2 Å². The third-order valence-electron chi connectivity index (χ3n) is 3.78. The second-order valence-corrected chi connectivity index (χ2v) is 6.24. The summed E-state index contributed by atoms with van der Waals surface area (Å²) in [5.74, 6) is 0. The smallest absolute Gasteiger partial charge is 0.363 e. The average Bonchev–Trinajstić information content (AvgIpc) is 2.52. The summed E-state index contributed by atoms with van der Waals surface area (Å²) in [6, 6.07) is 13.1. The number of halogens is 3. The third-order valence-corrected chi connectivity index (χ3v) is 3.78. The van der Waals surface area contributed by atoms with Crippen LogP contribution in [0.25, 0.3) is 0 Å². The van der Waals surface area contributed by atoms with E-state index in [0.717, 1.165) is 23.7 Å². The summed E-state index contributed by atoms with van der Waals surface area (Å²) in [7, 11) is 4.02. The molecular formula is C19H23F3NO+. The number of nitrogens with one attached hydrogen (secondary N) is 1. The fourth-order valence-corrected chi connectivity index (χ4v) is 2.39. The predicted octanol–water partition coefficient (Wildman–Crippen LogP) is 3.26. The zero-order chi connectivity index (χ0) is 17.7. The molecule has 0 saturated heterocycles. The lowest BCUT2D eigenvalue weighted by atomic mass is 9.98. The van der Waals surface area contributed by atoms with Gasteiger partial charge in [-0.1, -0.05) is 42.0 Å². The second-order valence-electron chi connectivity index (χ2n) is 6.24. The standard InChI is InChI=1S/C19H22F3NO/c1-14-7-9-15(10-8-14)18(24-12-11-23(2)3)16-5-4-6-17(13-16)19(20,21)22/h4-10,13,18H,11-12H2,1-3H3/p+1/t18-/m1/s1. The molecule has 0 bridgehead atoms. The van der Waals surface area contributed by atoms with Crippen LogP contribution in [0, 0.1) is 6.92 Å². The van der Waals surface area contributed by atoms with E-state index in [1.54, 1.807) is 6.07 Å². The molecular weight excluding hydrogens is 315 g/mol. The van der Waals surface area contributed by atoms with Gasteiger partial charge in [-0.3, -0.25) is 0 Å². The van der Waals surface area contributed by atoms with Crippen LogP contribution in [0.5, 0.6) is 0 Å². The molecule has 0 amide bonds. The first kappa shape index (κ1) is 18.5. The number of quaternary nitrogens is 1. The van der Waals surface area contributed by atoms with Crippen LogP contribution < -0.4 is 4.90 Å². The number of hydrogen-bond donors (Lipinski definition) is 1. The van der Waals surface area contributed by atoms with Gasteiger partial charge in [0.2, 0.25) is 0 Å². The van der Waals surface area contributed by atoms with E-state index in [9.17, 15) is 13.2 Å². The monoisotopic (exact) mass is 338 g/mol. The summed E-state index contributed by atoms with van der Waals surface area (Å²) in [5, 5.41) is 0. The highest BCUT2D eigenvalue weighted by atomic mass is 19.4. The van der Waals surface area contributed by atoms with Crippen molar-refractivity contribution in [3.8, 4) is 0 Å². The third kappa shape index (κ3) is 5.08. The first-order chi connectivity index (χ1) is 11.3. The molecule has 2 rings (SSSR count). The van der Waals surface area contributed by atoms with Gasteiger partial charge in [-0.25, -0.2) is 0 Å². The van der Waals surface area contributed by atoms with Gasteiger partial charge in [0.1, 0.15) is 12.6 Å². The highest BCUT2D eigenvalue weighted by Gasteiger charge is 2.31. The van der Waals surface area contributed by atoms with Crippen LogP contribution in [0.4, 0.5) is 13.2 Å². The maximum Gasteiger partial charge on any atom is 0.416 e. The van der Waals surface area contributed by atoms with Crippen LogP contribution in [0.3, 0.4) is 0 Å². The van der Waals surface area contributed by atoms with Gasteiger partial charge in [-0.15, -0.1) is 0 Å². The molecule has 0 saturated carbocycles. The van der Waals surface area contributed by atoms with Crippen molar-refractivity contribution in [3.05, 3.63) is 70.8 Å². The van der Waals surface area contributed by atoms with Crippen LogP contribution in [0.1, 0.15) is 28.4 Å². The highest BCUT2D eigenvalue weighted by Crippen LogP contribution is 2.33. The van der Waals surface area contributed by atoms with Gasteiger partial charge < -0.3 is 9.64 Å². The SMILES string of the molecule is Cc1ccc([C@@H](OCC[NH+](C)C)c2cccc(C(F)(F)F)c2)cc1. The lowest BCUT2D eigenvalue weighted by molar-refractivity contribution is -0.858. The number of hydrogen-bond acceptors (Lipinski definition) is 1. The van der Waals surface area contributed by atoms with Crippen molar-refractivity contribution in [1.82, 2.24) is 0 Å². The molecule has 0 radical (unpaired) electrons. The summed E-state index contributed by atoms with van der Waals surface area (Å²) in [6.45, 7) is 3.22. The zero-order valence-corrected chi connectivity index (χ0v) is 14.2. The molecule has 5 heteroatoms. The Labute approximate surface area is 140 Å². The Morgan fingerprint density at radius 2 is 1.67 bits per heavy atom. The molecule has 2 aromatic rings. The highest BCUT2D eigenvalue weighted by molar-refractivity contribution is 5.35. The minimum Gasteiger partial charge on any atom is -0.363 e. The molecule has 0 unspecified atom stereocenters. The Morgan fingerprint density at radius 1 is 1.00 bits per heavy atom. The van der Waals surface area contributed by atoms with Crippen molar-refractivity contribution in [2.75, 3.05) is 27.2 Å². The molecule has 0 aliphatic rings. The van der Waals surface area contributed by atoms with Gasteiger partial charge >= 0.3 is 6.18 Å². The van der Waals surface area contributed by atoms with E-state index in [2.05, 4.69) is 0 Å². The fourth-order valence-electron chi connectivity index (χ4n) is 2.39. The summed E-state index contributed by atoms with van der Waals surface area (Å²) < 4.78 is 44.9. The Morgan fingerprint density at radius 3 is 2.25 bits per heavy atom. The molecule has 0 aliphatic heterocycles. The molecule has 0 heterocycles. The molecule has 1 atom stereocenters. The van der Waals surface area contributed by atoms with Gasteiger partial charge in [0.15, 0.2) is 0 Å². The molecule has 2 nitrogen and oxygen atoms in total. The zero-order valence-electron chi connectivity index (χ0n) is 14.2. The summed E-state index contributed by atoms with van der Waals surface area (Å²) in [4.78, 5) is 1.22. The van der Waals surface area contributed by atoms with Gasteiger partial charge in [-0.05, 0) is 30.2 Å². The number of benzene rings is 2. The Kier molecular flexibility index (Phi) is 6.02. The topological polar surface area (TPSA) is 13.7 Å². The van der Waals surface area contributed by atoms with Crippen LogP contribution in [0.15, 0.2) is 48.5 Å². The van der Waals surface area contributed by atoms with Crippen LogP contribution >= 0.6 is 0 Å². The van der Waals surface area contributed by atoms with Crippen molar-refractivity contribution < 1.29 is 22.8 Å². The van der Waals surface area contributed by atoms with E-state index in [1.807, 2.05) is 45.3 Å². The molecule has 0 aliphatic carbocycles. The lowest BCUT2D eigenvalue weighted by Crippen LogP contribution is -3.06. The first-order valence-electron chi connectivity index (χ1n) is 7.91. The summed E-state index contributed by atoms with van der Waals surface area (Å²) in [5.41, 5.74) is 1.81. The number of aryl methyl sites for hydroxylation is 1. The van der Waals surface area contributed by atoms with E-state index in [1.165, 1.54) is 17.0 Å². The normalized spacial score (nSPS) is 13.3. The van der Waals surface area contributed by atoms with E-state index < -0.39 is 17.8 Å². The van der Waals surface area contributed by atoms with Crippen LogP contribution in [-0.2, 0) is 10.9 Å². The molecule has 130 valence electrons.